The van der Waals surface area contributed by atoms with Crippen LogP contribution in [-0.2, 0) is 5.75 Å². The summed E-state index contributed by atoms with van der Waals surface area (Å²) in [6.45, 7) is 0. The molecule has 2 aromatic heterocycles. The van der Waals surface area contributed by atoms with Crippen molar-refractivity contribution in [1.82, 2.24) is 19.7 Å². The third-order valence-electron chi connectivity index (χ3n) is 4.64. The van der Waals surface area contributed by atoms with E-state index in [1.54, 1.807) is 46.8 Å². The van der Waals surface area contributed by atoms with E-state index in [9.17, 15) is 0 Å². The molecule has 0 atom stereocenters. The minimum absolute atomic E-state index is 0.357. The molecule has 0 amide bonds. The minimum atomic E-state index is 0.357. The Balaban J connectivity index is 1.53. The molecule has 0 saturated heterocycles. The Hall–Kier alpha value is -3.66. The third kappa shape index (κ3) is 4.35. The average Bonchev–Trinajstić information content (AvgIpc) is 3.51. The third-order valence-corrected chi connectivity index (χ3v) is 5.59. The number of hydrogen-bond donors (Lipinski definition) is 0. The molecular weight excluding hydrogens is 432 g/mol. The zero-order valence-corrected chi connectivity index (χ0v) is 18.9. The van der Waals surface area contributed by atoms with Crippen LogP contribution in [0.5, 0.6) is 23.0 Å². The first kappa shape index (κ1) is 21.6. The lowest BCUT2D eigenvalue weighted by Crippen LogP contribution is -1.96. The predicted molar refractivity (Wildman–Crippen MR) is 119 cm³/mol. The molecule has 0 unspecified atom stereocenters. The van der Waals surface area contributed by atoms with Gasteiger partial charge in [-0.3, -0.25) is 4.57 Å². The number of hydrogen-bond acceptors (Lipinski definition) is 9. The maximum atomic E-state index is 5.87. The van der Waals surface area contributed by atoms with Gasteiger partial charge in [0, 0.05) is 24.0 Å². The molecule has 0 aliphatic carbocycles. The van der Waals surface area contributed by atoms with Gasteiger partial charge in [-0.25, -0.2) is 4.98 Å². The summed E-state index contributed by atoms with van der Waals surface area (Å²) in [7, 11) is 6.31. The number of ether oxygens (including phenoxy) is 4. The Morgan fingerprint density at radius 2 is 1.72 bits per heavy atom. The van der Waals surface area contributed by atoms with Gasteiger partial charge in [0.1, 0.15) is 5.75 Å². The summed E-state index contributed by atoms with van der Waals surface area (Å²) in [5.41, 5.74) is 1.62. The first-order chi connectivity index (χ1) is 15.7. The fraction of sp³-hybridized carbons (Fsp3) is 0.227. The van der Waals surface area contributed by atoms with Crippen LogP contribution in [0.2, 0.25) is 0 Å². The van der Waals surface area contributed by atoms with Crippen molar-refractivity contribution in [2.45, 2.75) is 10.9 Å². The van der Waals surface area contributed by atoms with E-state index in [0.717, 1.165) is 16.6 Å². The molecule has 0 aliphatic rings. The van der Waals surface area contributed by atoms with Gasteiger partial charge in [-0.05, 0) is 24.3 Å². The van der Waals surface area contributed by atoms with Gasteiger partial charge in [0.15, 0.2) is 16.7 Å². The molecule has 10 heteroatoms. The average molecular weight is 455 g/mol. The fourth-order valence-electron chi connectivity index (χ4n) is 3.11. The zero-order chi connectivity index (χ0) is 22.5. The smallest absolute Gasteiger partial charge is 0.248 e. The Labute approximate surface area is 189 Å². The molecule has 0 radical (unpaired) electrons. The van der Waals surface area contributed by atoms with Gasteiger partial charge in [-0.1, -0.05) is 17.8 Å². The van der Waals surface area contributed by atoms with Crippen LogP contribution in [0.15, 0.2) is 58.4 Å². The number of rotatable bonds is 9. The molecule has 32 heavy (non-hydrogen) atoms. The normalized spacial score (nSPS) is 10.8. The van der Waals surface area contributed by atoms with Crippen molar-refractivity contribution in [3.05, 3.63) is 54.7 Å². The van der Waals surface area contributed by atoms with Crippen LogP contribution < -0.4 is 18.9 Å². The van der Waals surface area contributed by atoms with Crippen LogP contribution in [0.1, 0.15) is 5.89 Å². The summed E-state index contributed by atoms with van der Waals surface area (Å²) in [5, 5.41) is 9.14. The van der Waals surface area contributed by atoms with E-state index in [1.807, 2.05) is 35.0 Å². The van der Waals surface area contributed by atoms with Gasteiger partial charge < -0.3 is 23.4 Å². The quantitative estimate of drug-likeness (QED) is 0.344. The lowest BCUT2D eigenvalue weighted by Gasteiger charge is -2.12. The molecule has 0 fully saturated rings. The molecule has 0 saturated carbocycles. The lowest BCUT2D eigenvalue weighted by atomic mass is 10.2. The standard InChI is InChI=1S/C22H22N4O5S/c1-27-16-7-5-6-15(12-16)26-9-8-23-22(26)32-13-19-24-25-21(31-19)14-10-17(28-2)20(30-4)18(11-14)29-3/h5-12H,13H2,1-4H3. The highest BCUT2D eigenvalue weighted by Crippen LogP contribution is 2.41. The van der Waals surface area contributed by atoms with E-state index >= 15 is 0 Å². The maximum absolute atomic E-state index is 5.87. The Morgan fingerprint density at radius 3 is 2.41 bits per heavy atom. The first-order valence-electron chi connectivity index (χ1n) is 9.60. The molecule has 2 aromatic carbocycles. The SMILES string of the molecule is COc1cccc(-n2ccnc2SCc2nnc(-c3cc(OC)c(OC)c(OC)c3)o2)c1. The maximum Gasteiger partial charge on any atom is 0.248 e. The van der Waals surface area contributed by atoms with E-state index in [4.69, 9.17) is 23.4 Å². The molecule has 2 heterocycles. The van der Waals surface area contributed by atoms with Crippen molar-refractivity contribution in [1.29, 1.82) is 0 Å². The fourth-order valence-corrected chi connectivity index (χ4v) is 3.92. The molecule has 9 nitrogen and oxygen atoms in total. The summed E-state index contributed by atoms with van der Waals surface area (Å²) in [6.07, 6.45) is 3.64. The number of aromatic nitrogens is 4. The summed E-state index contributed by atoms with van der Waals surface area (Å²) in [6, 6.07) is 11.3. The molecule has 0 aliphatic heterocycles. The van der Waals surface area contributed by atoms with Crippen molar-refractivity contribution in [2.75, 3.05) is 28.4 Å². The van der Waals surface area contributed by atoms with Crippen molar-refractivity contribution >= 4 is 11.8 Å². The number of benzene rings is 2. The van der Waals surface area contributed by atoms with E-state index < -0.39 is 0 Å². The van der Waals surface area contributed by atoms with Crippen LogP contribution >= 0.6 is 11.8 Å². The Morgan fingerprint density at radius 1 is 0.938 bits per heavy atom. The van der Waals surface area contributed by atoms with Crippen molar-refractivity contribution in [3.8, 4) is 40.1 Å². The molecule has 4 rings (SSSR count). The minimum Gasteiger partial charge on any atom is -0.497 e. The number of imidazole rings is 1. The molecule has 0 N–H and O–H groups in total. The zero-order valence-electron chi connectivity index (χ0n) is 18.1. The van der Waals surface area contributed by atoms with Gasteiger partial charge in [-0.2, -0.15) is 0 Å². The topological polar surface area (TPSA) is 93.7 Å². The van der Waals surface area contributed by atoms with E-state index in [1.165, 1.54) is 11.8 Å². The van der Waals surface area contributed by atoms with Crippen molar-refractivity contribution in [3.63, 3.8) is 0 Å². The van der Waals surface area contributed by atoms with E-state index in [-0.39, 0.29) is 0 Å². The summed E-state index contributed by atoms with van der Waals surface area (Å²) in [5.74, 6) is 3.58. The highest BCUT2D eigenvalue weighted by molar-refractivity contribution is 7.98. The van der Waals surface area contributed by atoms with Crippen LogP contribution in [0.3, 0.4) is 0 Å². The molecule has 0 spiro atoms. The highest BCUT2D eigenvalue weighted by Gasteiger charge is 2.18. The van der Waals surface area contributed by atoms with Crippen LogP contribution in [0.25, 0.3) is 17.1 Å². The summed E-state index contributed by atoms with van der Waals surface area (Å²) >= 11 is 1.49. The predicted octanol–water partition coefficient (Wildman–Crippen LogP) is 4.25. The van der Waals surface area contributed by atoms with Gasteiger partial charge in [0.05, 0.1) is 39.9 Å². The largest absolute Gasteiger partial charge is 0.497 e. The van der Waals surface area contributed by atoms with Gasteiger partial charge in [-0.15, -0.1) is 10.2 Å². The second-order valence-corrected chi connectivity index (χ2v) is 7.43. The van der Waals surface area contributed by atoms with Crippen LogP contribution in [0, 0.1) is 0 Å². The van der Waals surface area contributed by atoms with Crippen molar-refractivity contribution < 1.29 is 23.4 Å². The van der Waals surface area contributed by atoms with Crippen LogP contribution in [-0.4, -0.2) is 48.2 Å². The monoisotopic (exact) mass is 454 g/mol. The molecule has 4 aromatic rings. The first-order valence-corrected chi connectivity index (χ1v) is 10.6. The number of nitrogens with zero attached hydrogens (tertiary/aromatic N) is 4. The van der Waals surface area contributed by atoms with Gasteiger partial charge in [0.25, 0.3) is 0 Å². The van der Waals surface area contributed by atoms with E-state index in [2.05, 4.69) is 15.2 Å². The lowest BCUT2D eigenvalue weighted by molar-refractivity contribution is 0.324. The van der Waals surface area contributed by atoms with Gasteiger partial charge in [0.2, 0.25) is 17.5 Å². The molecule has 166 valence electrons. The summed E-state index contributed by atoms with van der Waals surface area (Å²) in [4.78, 5) is 4.44. The highest BCUT2D eigenvalue weighted by atomic mass is 32.2. The number of methoxy groups -OCH3 is 4. The second kappa shape index (κ2) is 9.65. The Kier molecular flexibility index (Phi) is 6.50. The van der Waals surface area contributed by atoms with E-state index in [0.29, 0.717) is 40.3 Å². The Bertz CT molecular complexity index is 1180. The number of thioether (sulfide) groups is 1. The second-order valence-electron chi connectivity index (χ2n) is 6.48. The molecular formula is C22H22N4O5S. The molecule has 0 bridgehead atoms. The van der Waals surface area contributed by atoms with Crippen molar-refractivity contribution in [2.24, 2.45) is 0 Å². The summed E-state index contributed by atoms with van der Waals surface area (Å²) < 4.78 is 29.3. The van der Waals surface area contributed by atoms with Crippen LogP contribution in [0.4, 0.5) is 0 Å². The van der Waals surface area contributed by atoms with Gasteiger partial charge >= 0.3 is 0 Å².